The highest BCUT2D eigenvalue weighted by Gasteiger charge is 2.27. The van der Waals surface area contributed by atoms with Crippen LogP contribution in [0.15, 0.2) is 64.3 Å². The van der Waals surface area contributed by atoms with Crippen LogP contribution in [-0.2, 0) is 9.84 Å². The summed E-state index contributed by atoms with van der Waals surface area (Å²) in [5.41, 5.74) is 9.28. The first-order chi connectivity index (χ1) is 13.4. The number of nitrogens with two attached hydrogens (primary N) is 1. The van der Waals surface area contributed by atoms with Crippen molar-refractivity contribution in [2.75, 3.05) is 6.26 Å². The fraction of sp³-hybridized carbons (Fsp3) is 0.150. The molecule has 0 saturated heterocycles. The van der Waals surface area contributed by atoms with Crippen molar-refractivity contribution in [3.63, 3.8) is 0 Å². The molecule has 0 aliphatic carbocycles. The van der Waals surface area contributed by atoms with E-state index in [-0.39, 0.29) is 10.9 Å². The first-order valence-electron chi connectivity index (χ1n) is 8.59. The number of furan rings is 1. The molecule has 0 spiro atoms. The van der Waals surface area contributed by atoms with E-state index in [1.165, 1.54) is 0 Å². The SMILES string of the molecule is Cc1oc2nc(S(C)(=O)=O)nc(C(N)c3ccccn3)c2c1-c1ccccc1. The normalized spacial score (nSPS) is 13.0. The Morgan fingerprint density at radius 1 is 1.04 bits per heavy atom. The van der Waals surface area contributed by atoms with Gasteiger partial charge in [-0.25, -0.2) is 13.4 Å². The number of pyridine rings is 1. The van der Waals surface area contributed by atoms with E-state index < -0.39 is 15.9 Å². The van der Waals surface area contributed by atoms with Gasteiger partial charge in [0.15, 0.2) is 0 Å². The van der Waals surface area contributed by atoms with Gasteiger partial charge in [-0.1, -0.05) is 36.4 Å². The quantitative estimate of drug-likeness (QED) is 0.529. The first-order valence-corrected chi connectivity index (χ1v) is 10.5. The summed E-state index contributed by atoms with van der Waals surface area (Å²) >= 11 is 0. The highest BCUT2D eigenvalue weighted by atomic mass is 32.2. The predicted octanol–water partition coefficient (Wildman–Crippen LogP) is 3.04. The van der Waals surface area contributed by atoms with Crippen LogP contribution in [0.1, 0.15) is 23.2 Å². The molecule has 0 fully saturated rings. The number of hydrogen-bond acceptors (Lipinski definition) is 7. The molecule has 4 rings (SSSR count). The van der Waals surface area contributed by atoms with Gasteiger partial charge in [-0.05, 0) is 24.6 Å². The average molecular weight is 394 g/mol. The molecule has 4 aromatic rings. The summed E-state index contributed by atoms with van der Waals surface area (Å²) in [6.45, 7) is 1.81. The maximum Gasteiger partial charge on any atom is 0.250 e. The number of nitrogens with zero attached hydrogens (tertiary/aromatic N) is 3. The Kier molecular flexibility index (Phi) is 4.44. The van der Waals surface area contributed by atoms with Crippen LogP contribution in [0.25, 0.3) is 22.2 Å². The molecule has 2 N–H and O–H groups in total. The van der Waals surface area contributed by atoms with E-state index in [9.17, 15) is 8.42 Å². The molecule has 1 unspecified atom stereocenters. The van der Waals surface area contributed by atoms with Crippen molar-refractivity contribution in [3.05, 3.63) is 71.9 Å². The summed E-state index contributed by atoms with van der Waals surface area (Å²) in [5.74, 6) is 0.607. The number of benzene rings is 1. The fourth-order valence-electron chi connectivity index (χ4n) is 3.16. The maximum atomic E-state index is 12.1. The van der Waals surface area contributed by atoms with E-state index in [0.29, 0.717) is 22.5 Å². The molecule has 3 aromatic heterocycles. The van der Waals surface area contributed by atoms with Gasteiger partial charge in [0.05, 0.1) is 22.8 Å². The number of rotatable bonds is 4. The van der Waals surface area contributed by atoms with Crippen molar-refractivity contribution in [2.24, 2.45) is 5.73 Å². The minimum Gasteiger partial charge on any atom is -0.442 e. The Morgan fingerprint density at radius 3 is 2.39 bits per heavy atom. The van der Waals surface area contributed by atoms with E-state index in [4.69, 9.17) is 10.2 Å². The van der Waals surface area contributed by atoms with E-state index >= 15 is 0 Å². The van der Waals surface area contributed by atoms with Crippen molar-refractivity contribution >= 4 is 20.9 Å². The van der Waals surface area contributed by atoms with E-state index in [0.717, 1.165) is 17.4 Å². The Balaban J connectivity index is 2.08. The fourth-order valence-corrected chi connectivity index (χ4v) is 3.67. The third-order valence-corrected chi connectivity index (χ3v) is 5.28. The van der Waals surface area contributed by atoms with Gasteiger partial charge in [0.2, 0.25) is 20.7 Å². The van der Waals surface area contributed by atoms with Crippen LogP contribution in [0, 0.1) is 6.92 Å². The molecule has 1 aromatic carbocycles. The molecular formula is C20H18N4O3S. The van der Waals surface area contributed by atoms with Crippen LogP contribution in [0.2, 0.25) is 0 Å². The van der Waals surface area contributed by atoms with Crippen LogP contribution in [0.3, 0.4) is 0 Å². The van der Waals surface area contributed by atoms with E-state index in [1.807, 2.05) is 36.4 Å². The van der Waals surface area contributed by atoms with Gasteiger partial charge in [-0.3, -0.25) is 4.98 Å². The summed E-state index contributed by atoms with van der Waals surface area (Å²) in [5, 5.41) is 0.268. The molecule has 0 amide bonds. The molecule has 28 heavy (non-hydrogen) atoms. The lowest BCUT2D eigenvalue weighted by atomic mass is 9.99. The van der Waals surface area contributed by atoms with Gasteiger partial charge in [-0.2, -0.15) is 4.98 Å². The second-order valence-electron chi connectivity index (χ2n) is 6.48. The van der Waals surface area contributed by atoms with Gasteiger partial charge in [0.25, 0.3) is 0 Å². The third-order valence-electron chi connectivity index (χ3n) is 4.43. The predicted molar refractivity (Wildman–Crippen MR) is 105 cm³/mol. The highest BCUT2D eigenvalue weighted by molar-refractivity contribution is 7.90. The number of fused-ring (bicyclic) bond motifs is 1. The molecule has 0 bridgehead atoms. The number of aryl methyl sites for hydroxylation is 1. The minimum absolute atomic E-state index is 0.188. The van der Waals surface area contributed by atoms with Crippen molar-refractivity contribution in [3.8, 4) is 11.1 Å². The largest absolute Gasteiger partial charge is 0.442 e. The van der Waals surface area contributed by atoms with Crippen LogP contribution < -0.4 is 5.73 Å². The molecule has 0 aliphatic heterocycles. The minimum atomic E-state index is -3.66. The number of aromatic nitrogens is 3. The third kappa shape index (κ3) is 3.17. The molecule has 0 aliphatic rings. The van der Waals surface area contributed by atoms with Crippen LogP contribution >= 0.6 is 0 Å². The molecular weight excluding hydrogens is 376 g/mol. The second kappa shape index (κ2) is 6.81. The van der Waals surface area contributed by atoms with Crippen LogP contribution in [0.5, 0.6) is 0 Å². The standard InChI is InChI=1S/C20H18N4O3S/c1-12-15(13-8-4-3-5-9-13)16-18(17(21)14-10-6-7-11-22-14)23-20(28(2,25)26)24-19(16)27-12/h3-11,17H,21H2,1-2H3. The molecule has 3 heterocycles. The van der Waals surface area contributed by atoms with Gasteiger partial charge in [-0.15, -0.1) is 0 Å². The Labute approximate surface area is 162 Å². The number of hydrogen-bond donors (Lipinski definition) is 1. The smallest absolute Gasteiger partial charge is 0.250 e. The molecule has 142 valence electrons. The van der Waals surface area contributed by atoms with Crippen molar-refractivity contribution in [2.45, 2.75) is 18.1 Å². The summed E-state index contributed by atoms with van der Waals surface area (Å²) in [6, 6.07) is 14.3. The topological polar surface area (TPSA) is 112 Å². The summed E-state index contributed by atoms with van der Waals surface area (Å²) < 4.78 is 30.1. The van der Waals surface area contributed by atoms with Gasteiger partial charge in [0, 0.05) is 18.0 Å². The van der Waals surface area contributed by atoms with Gasteiger partial charge in [0.1, 0.15) is 5.76 Å². The first kappa shape index (κ1) is 18.3. The van der Waals surface area contributed by atoms with E-state index in [1.54, 1.807) is 25.3 Å². The molecule has 1 atom stereocenters. The van der Waals surface area contributed by atoms with Gasteiger partial charge >= 0.3 is 0 Å². The monoisotopic (exact) mass is 394 g/mol. The molecule has 0 radical (unpaired) electrons. The average Bonchev–Trinajstić information content (AvgIpc) is 3.03. The zero-order valence-corrected chi connectivity index (χ0v) is 16.1. The molecule has 0 saturated carbocycles. The Morgan fingerprint density at radius 2 is 1.75 bits per heavy atom. The molecule has 7 nitrogen and oxygen atoms in total. The lowest BCUT2D eigenvalue weighted by Gasteiger charge is -2.13. The maximum absolute atomic E-state index is 12.1. The zero-order valence-electron chi connectivity index (χ0n) is 15.3. The van der Waals surface area contributed by atoms with Crippen molar-refractivity contribution in [1.82, 2.24) is 15.0 Å². The van der Waals surface area contributed by atoms with Crippen molar-refractivity contribution < 1.29 is 12.8 Å². The summed E-state index contributed by atoms with van der Waals surface area (Å²) in [6.07, 6.45) is 2.68. The van der Waals surface area contributed by atoms with E-state index in [2.05, 4.69) is 15.0 Å². The second-order valence-corrected chi connectivity index (χ2v) is 8.38. The highest BCUT2D eigenvalue weighted by Crippen LogP contribution is 2.38. The summed E-state index contributed by atoms with van der Waals surface area (Å²) in [7, 11) is -3.66. The zero-order chi connectivity index (χ0) is 19.9. The number of sulfone groups is 1. The van der Waals surface area contributed by atoms with Crippen LogP contribution in [-0.4, -0.2) is 29.6 Å². The Bertz CT molecular complexity index is 1250. The lowest BCUT2D eigenvalue weighted by molar-refractivity contribution is 0.556. The van der Waals surface area contributed by atoms with Gasteiger partial charge < -0.3 is 10.2 Å². The van der Waals surface area contributed by atoms with Crippen molar-refractivity contribution in [1.29, 1.82) is 0 Å². The van der Waals surface area contributed by atoms with Crippen LogP contribution in [0.4, 0.5) is 0 Å². The summed E-state index contributed by atoms with van der Waals surface area (Å²) in [4.78, 5) is 12.8. The lowest BCUT2D eigenvalue weighted by Crippen LogP contribution is -2.18. The Hall–Kier alpha value is -3.10. The molecule has 8 heteroatoms.